The molecule has 2 heterocycles. The second-order valence-electron chi connectivity index (χ2n) is 3.02. The van der Waals surface area contributed by atoms with Gasteiger partial charge < -0.3 is 4.98 Å². The third-order valence-corrected chi connectivity index (χ3v) is 3.41. The van der Waals surface area contributed by atoms with E-state index in [-0.39, 0.29) is 0 Å². The van der Waals surface area contributed by atoms with E-state index in [1.807, 2.05) is 24.8 Å². The lowest BCUT2D eigenvalue weighted by Gasteiger charge is -2.23. The number of aromatic nitrogens is 2. The lowest BCUT2D eigenvalue weighted by molar-refractivity contribution is 0.753. The fraction of sp³-hybridized carbons (Fsp3) is 0.500. The number of aromatic amines is 1. The molecule has 1 aliphatic rings. The van der Waals surface area contributed by atoms with Crippen LogP contribution in [0.2, 0.25) is 0 Å². The molecule has 1 aromatic rings. The Bertz CT molecular complexity index is 341. The van der Waals surface area contributed by atoms with Crippen LogP contribution in [0.3, 0.4) is 0 Å². The van der Waals surface area contributed by atoms with Crippen molar-refractivity contribution < 1.29 is 0 Å². The minimum absolute atomic E-state index is 0.608. The average Bonchev–Trinajstić information content (AvgIpc) is 1.79. The Balaban J connectivity index is 2.36. The van der Waals surface area contributed by atoms with Crippen LogP contribution in [0.25, 0.3) is 0 Å². The summed E-state index contributed by atoms with van der Waals surface area (Å²) in [5.74, 6) is 4.04. The monoisotopic (exact) mass is 198 g/mol. The summed E-state index contributed by atoms with van der Waals surface area (Å²) in [6.45, 7) is 2.02. The van der Waals surface area contributed by atoms with Crippen LogP contribution >= 0.6 is 24.0 Å². The molecule has 0 bridgehead atoms. The largest absolute Gasteiger partial charge is 0.347 e. The Kier molecular flexibility index (Phi) is 2.19. The summed E-state index contributed by atoms with van der Waals surface area (Å²) < 4.78 is 0.707. The van der Waals surface area contributed by atoms with Crippen LogP contribution < -0.4 is 0 Å². The maximum absolute atomic E-state index is 5.04. The molecule has 0 amide bonds. The molecule has 0 saturated carbocycles. The number of hydrogen-bond donors (Lipinski definition) is 1. The smallest absolute Gasteiger partial charge is 0.129 e. The number of rotatable bonds is 1. The quantitative estimate of drug-likeness (QED) is 0.702. The van der Waals surface area contributed by atoms with Gasteiger partial charge in [0, 0.05) is 23.1 Å². The first kappa shape index (κ1) is 8.26. The molecule has 0 unspecified atom stereocenters. The second kappa shape index (κ2) is 3.18. The zero-order chi connectivity index (χ0) is 8.55. The van der Waals surface area contributed by atoms with Crippen LogP contribution in [0.15, 0.2) is 6.07 Å². The Morgan fingerprint density at radius 3 is 2.92 bits per heavy atom. The summed E-state index contributed by atoms with van der Waals surface area (Å²) in [5, 5.41) is 0. The lowest BCUT2D eigenvalue weighted by Crippen LogP contribution is -2.18. The van der Waals surface area contributed by atoms with Gasteiger partial charge in [0.25, 0.3) is 0 Å². The van der Waals surface area contributed by atoms with E-state index in [2.05, 4.69) is 9.97 Å². The molecule has 0 aromatic carbocycles. The number of nitrogens with zero attached hydrogens (tertiary/aromatic N) is 1. The van der Waals surface area contributed by atoms with Gasteiger partial charge in [-0.05, 0) is 13.0 Å². The summed E-state index contributed by atoms with van der Waals surface area (Å²) in [6.07, 6.45) is 0. The Morgan fingerprint density at radius 2 is 2.42 bits per heavy atom. The number of aryl methyl sites for hydroxylation is 1. The van der Waals surface area contributed by atoms with Crippen LogP contribution in [0.4, 0.5) is 0 Å². The molecule has 0 radical (unpaired) electrons. The summed E-state index contributed by atoms with van der Waals surface area (Å²) in [4.78, 5) is 7.56. The maximum atomic E-state index is 5.04. The van der Waals surface area contributed by atoms with Crippen LogP contribution in [0, 0.1) is 11.6 Å². The van der Waals surface area contributed by atoms with Gasteiger partial charge in [-0.1, -0.05) is 12.2 Å². The molecule has 2 nitrogen and oxygen atoms in total. The van der Waals surface area contributed by atoms with Crippen LogP contribution in [0.1, 0.15) is 17.4 Å². The Hall–Kier alpha value is -0.350. The van der Waals surface area contributed by atoms with Crippen molar-refractivity contribution >= 4 is 24.0 Å². The molecule has 0 aliphatic carbocycles. The number of thioether (sulfide) groups is 1. The third kappa shape index (κ3) is 1.54. The minimum Gasteiger partial charge on any atom is -0.347 e. The summed E-state index contributed by atoms with van der Waals surface area (Å²) in [6, 6.07) is 1.89. The van der Waals surface area contributed by atoms with Crippen molar-refractivity contribution in [3.05, 3.63) is 22.2 Å². The standard InChI is InChI=1S/C8H10N2S2/c1-5-2-7(11)10-8(9-5)6-3-12-4-6/h2,6H,3-4H2,1H3,(H,9,10,11). The highest BCUT2D eigenvalue weighted by molar-refractivity contribution is 8.00. The highest BCUT2D eigenvalue weighted by Gasteiger charge is 2.22. The topological polar surface area (TPSA) is 28.7 Å². The van der Waals surface area contributed by atoms with Crippen molar-refractivity contribution in [2.45, 2.75) is 12.8 Å². The summed E-state index contributed by atoms with van der Waals surface area (Å²) in [5.41, 5.74) is 1.11. The molecule has 1 N–H and O–H groups in total. The predicted molar refractivity (Wildman–Crippen MR) is 54.2 cm³/mol. The van der Waals surface area contributed by atoms with E-state index in [1.165, 1.54) is 11.5 Å². The van der Waals surface area contributed by atoms with Gasteiger partial charge >= 0.3 is 0 Å². The summed E-state index contributed by atoms with van der Waals surface area (Å²) >= 11 is 7.00. The molecule has 1 saturated heterocycles. The van der Waals surface area contributed by atoms with Crippen molar-refractivity contribution in [2.75, 3.05) is 11.5 Å². The predicted octanol–water partition coefficient (Wildman–Crippen LogP) is 2.28. The molecule has 12 heavy (non-hydrogen) atoms. The minimum atomic E-state index is 0.608. The van der Waals surface area contributed by atoms with Crippen molar-refractivity contribution in [2.24, 2.45) is 0 Å². The first-order chi connectivity index (χ1) is 5.75. The summed E-state index contributed by atoms with van der Waals surface area (Å²) in [7, 11) is 0. The Labute approximate surface area is 80.8 Å². The van der Waals surface area contributed by atoms with Gasteiger partial charge in [-0.3, -0.25) is 0 Å². The normalized spacial score (nSPS) is 17.4. The molecule has 1 aromatic heterocycles. The zero-order valence-electron chi connectivity index (χ0n) is 6.83. The van der Waals surface area contributed by atoms with Gasteiger partial charge in [0.1, 0.15) is 10.5 Å². The SMILES string of the molecule is Cc1cc(=S)nc(C2CSC2)[nH]1. The van der Waals surface area contributed by atoms with Crippen LogP contribution in [0.5, 0.6) is 0 Å². The molecule has 4 heteroatoms. The van der Waals surface area contributed by atoms with E-state index in [4.69, 9.17) is 12.2 Å². The number of H-pyrrole nitrogens is 1. The van der Waals surface area contributed by atoms with E-state index in [9.17, 15) is 0 Å². The molecular weight excluding hydrogens is 188 g/mol. The van der Waals surface area contributed by atoms with Crippen molar-refractivity contribution in [1.29, 1.82) is 0 Å². The molecule has 0 atom stereocenters. The average molecular weight is 198 g/mol. The van der Waals surface area contributed by atoms with E-state index in [1.54, 1.807) is 0 Å². The van der Waals surface area contributed by atoms with Gasteiger partial charge in [0.05, 0.1) is 0 Å². The molecule has 64 valence electrons. The first-order valence-electron chi connectivity index (χ1n) is 3.91. The molecule has 1 aliphatic heterocycles. The number of nitrogens with one attached hydrogen (secondary N) is 1. The van der Waals surface area contributed by atoms with Crippen molar-refractivity contribution in [1.82, 2.24) is 9.97 Å². The zero-order valence-corrected chi connectivity index (χ0v) is 8.47. The highest BCUT2D eigenvalue weighted by Crippen LogP contribution is 2.31. The van der Waals surface area contributed by atoms with Gasteiger partial charge in [-0.25, -0.2) is 4.98 Å². The fourth-order valence-corrected chi connectivity index (χ4v) is 2.25. The van der Waals surface area contributed by atoms with E-state index >= 15 is 0 Å². The maximum Gasteiger partial charge on any atom is 0.129 e. The van der Waals surface area contributed by atoms with E-state index in [0.717, 1.165) is 11.5 Å². The molecular formula is C8H10N2S2. The van der Waals surface area contributed by atoms with E-state index < -0.39 is 0 Å². The van der Waals surface area contributed by atoms with Crippen molar-refractivity contribution in [3.8, 4) is 0 Å². The first-order valence-corrected chi connectivity index (χ1v) is 5.47. The third-order valence-electron chi connectivity index (χ3n) is 1.92. The Morgan fingerprint density at radius 1 is 1.67 bits per heavy atom. The van der Waals surface area contributed by atoms with Crippen LogP contribution in [-0.2, 0) is 0 Å². The van der Waals surface area contributed by atoms with Gasteiger partial charge in [-0.15, -0.1) is 0 Å². The van der Waals surface area contributed by atoms with Gasteiger partial charge in [0.2, 0.25) is 0 Å². The lowest BCUT2D eigenvalue weighted by atomic mass is 10.2. The van der Waals surface area contributed by atoms with Crippen LogP contribution in [-0.4, -0.2) is 21.5 Å². The molecule has 0 spiro atoms. The highest BCUT2D eigenvalue weighted by atomic mass is 32.2. The second-order valence-corrected chi connectivity index (χ2v) is 4.52. The van der Waals surface area contributed by atoms with Gasteiger partial charge in [-0.2, -0.15) is 11.8 Å². The molecule has 1 fully saturated rings. The van der Waals surface area contributed by atoms with Crippen molar-refractivity contribution in [3.63, 3.8) is 0 Å². The van der Waals surface area contributed by atoms with Gasteiger partial charge in [0.15, 0.2) is 0 Å². The fourth-order valence-electron chi connectivity index (χ4n) is 1.19. The number of hydrogen-bond acceptors (Lipinski definition) is 3. The molecule has 2 rings (SSSR count). The van der Waals surface area contributed by atoms with E-state index in [0.29, 0.717) is 10.6 Å².